The molecule has 0 saturated heterocycles. The Bertz CT molecular complexity index is 563. The monoisotopic (exact) mass is 241 g/mol. The van der Waals surface area contributed by atoms with Crippen molar-refractivity contribution in [3.63, 3.8) is 0 Å². The van der Waals surface area contributed by atoms with Crippen LogP contribution in [0.1, 0.15) is 0 Å². The van der Waals surface area contributed by atoms with Gasteiger partial charge in [-0.25, -0.2) is 8.42 Å². The van der Waals surface area contributed by atoms with Crippen LogP contribution in [-0.2, 0) is 9.84 Å². The highest BCUT2D eigenvalue weighted by atomic mass is 32.2. The highest BCUT2D eigenvalue weighted by molar-refractivity contribution is 7.92. The minimum atomic E-state index is -3.26. The fourth-order valence-corrected chi connectivity index (χ4v) is 2.58. The maximum atomic E-state index is 11.2. The molecule has 2 rings (SSSR count). The fraction of sp³-hybridized carbons (Fsp3) is 0.125. The van der Waals surface area contributed by atoms with Gasteiger partial charge in [-0.05, 0) is 12.1 Å². The zero-order chi connectivity index (χ0) is 10.9. The van der Waals surface area contributed by atoms with E-state index in [0.29, 0.717) is 5.01 Å². The van der Waals surface area contributed by atoms with Crippen LogP contribution in [-0.4, -0.2) is 29.9 Å². The molecular weight excluding hydrogens is 234 g/mol. The molecule has 0 aromatic carbocycles. The van der Waals surface area contributed by atoms with Crippen LogP contribution in [0.2, 0.25) is 0 Å². The van der Waals surface area contributed by atoms with E-state index in [-0.39, 0.29) is 4.34 Å². The Morgan fingerprint density at radius 2 is 1.87 bits per heavy atom. The minimum absolute atomic E-state index is 0.0364. The third kappa shape index (κ3) is 2.18. The van der Waals surface area contributed by atoms with Crippen LogP contribution in [0.25, 0.3) is 10.6 Å². The molecule has 2 aromatic heterocycles. The lowest BCUT2D eigenvalue weighted by atomic mass is 10.3. The smallest absolute Gasteiger partial charge is 0.232 e. The average Bonchev–Trinajstić information content (AvgIpc) is 2.67. The number of pyridine rings is 1. The second-order valence-electron chi connectivity index (χ2n) is 2.88. The molecule has 7 heteroatoms. The van der Waals surface area contributed by atoms with E-state index in [2.05, 4.69) is 15.2 Å². The first-order valence-electron chi connectivity index (χ1n) is 4.01. The molecule has 2 heterocycles. The van der Waals surface area contributed by atoms with Crippen LogP contribution in [0.15, 0.2) is 28.9 Å². The standard InChI is InChI=1S/C8H7N3O2S2/c1-15(12,13)8-11-10-7(14-8)6-2-4-9-5-3-6/h2-5H,1H3. The molecule has 0 spiro atoms. The van der Waals surface area contributed by atoms with E-state index in [0.717, 1.165) is 23.2 Å². The molecule has 0 bridgehead atoms. The van der Waals surface area contributed by atoms with Crippen molar-refractivity contribution < 1.29 is 8.42 Å². The van der Waals surface area contributed by atoms with Gasteiger partial charge in [0.25, 0.3) is 0 Å². The van der Waals surface area contributed by atoms with Gasteiger partial charge < -0.3 is 0 Å². The van der Waals surface area contributed by atoms with Gasteiger partial charge >= 0.3 is 0 Å². The number of nitrogens with zero attached hydrogens (tertiary/aromatic N) is 3. The molecule has 0 atom stereocenters. The molecule has 0 unspecified atom stereocenters. The van der Waals surface area contributed by atoms with Crippen LogP contribution in [0, 0.1) is 0 Å². The zero-order valence-corrected chi connectivity index (χ0v) is 9.42. The lowest BCUT2D eigenvalue weighted by molar-refractivity contribution is 0.600. The molecule has 0 saturated carbocycles. The molecule has 0 N–H and O–H groups in total. The van der Waals surface area contributed by atoms with E-state index in [1.54, 1.807) is 24.5 Å². The Balaban J connectivity index is 2.46. The quantitative estimate of drug-likeness (QED) is 0.784. The van der Waals surface area contributed by atoms with Gasteiger partial charge in [-0.3, -0.25) is 4.98 Å². The summed E-state index contributed by atoms with van der Waals surface area (Å²) < 4.78 is 22.4. The summed E-state index contributed by atoms with van der Waals surface area (Å²) in [6, 6.07) is 3.51. The molecular formula is C8H7N3O2S2. The predicted octanol–water partition coefficient (Wildman–Crippen LogP) is 1.00. The number of rotatable bonds is 2. The second kappa shape index (κ2) is 3.67. The normalized spacial score (nSPS) is 11.5. The zero-order valence-electron chi connectivity index (χ0n) is 7.78. The van der Waals surface area contributed by atoms with Crippen molar-refractivity contribution in [1.29, 1.82) is 0 Å². The molecule has 5 nitrogen and oxygen atoms in total. The minimum Gasteiger partial charge on any atom is -0.265 e. The van der Waals surface area contributed by atoms with E-state index in [9.17, 15) is 8.42 Å². The van der Waals surface area contributed by atoms with E-state index < -0.39 is 9.84 Å². The van der Waals surface area contributed by atoms with Crippen molar-refractivity contribution in [2.45, 2.75) is 4.34 Å². The predicted molar refractivity (Wildman–Crippen MR) is 56.2 cm³/mol. The molecule has 15 heavy (non-hydrogen) atoms. The maximum Gasteiger partial charge on any atom is 0.232 e. The van der Waals surface area contributed by atoms with Crippen molar-refractivity contribution >= 4 is 21.2 Å². The third-order valence-electron chi connectivity index (χ3n) is 1.65. The van der Waals surface area contributed by atoms with Crippen molar-refractivity contribution in [3.05, 3.63) is 24.5 Å². The van der Waals surface area contributed by atoms with E-state index in [1.165, 1.54) is 0 Å². The molecule has 0 aliphatic heterocycles. The lowest BCUT2D eigenvalue weighted by Gasteiger charge is -1.90. The Labute approximate surface area is 90.7 Å². The summed E-state index contributed by atoms with van der Waals surface area (Å²) in [4.78, 5) is 3.86. The molecule has 0 amide bonds. The van der Waals surface area contributed by atoms with Crippen molar-refractivity contribution in [2.24, 2.45) is 0 Å². The van der Waals surface area contributed by atoms with Gasteiger partial charge in [-0.1, -0.05) is 11.3 Å². The fourth-order valence-electron chi connectivity index (χ4n) is 0.971. The summed E-state index contributed by atoms with van der Waals surface area (Å²) >= 11 is 1.05. The van der Waals surface area contributed by atoms with Crippen LogP contribution in [0.3, 0.4) is 0 Å². The topological polar surface area (TPSA) is 72.8 Å². The first kappa shape index (κ1) is 10.2. The SMILES string of the molecule is CS(=O)(=O)c1nnc(-c2ccncc2)s1. The summed E-state index contributed by atoms with van der Waals surface area (Å²) in [5.74, 6) is 0. The summed E-state index contributed by atoms with van der Waals surface area (Å²) in [5.41, 5.74) is 0.817. The number of hydrogen-bond donors (Lipinski definition) is 0. The summed E-state index contributed by atoms with van der Waals surface area (Å²) in [6.07, 6.45) is 4.36. The maximum absolute atomic E-state index is 11.2. The van der Waals surface area contributed by atoms with Gasteiger partial charge in [-0.15, -0.1) is 10.2 Å². The Morgan fingerprint density at radius 3 is 2.40 bits per heavy atom. The lowest BCUT2D eigenvalue weighted by Crippen LogP contribution is -1.95. The first-order chi connectivity index (χ1) is 7.07. The first-order valence-corrected chi connectivity index (χ1v) is 6.72. The number of hydrogen-bond acceptors (Lipinski definition) is 6. The van der Waals surface area contributed by atoms with Gasteiger partial charge in [0.1, 0.15) is 5.01 Å². The van der Waals surface area contributed by atoms with E-state index in [1.807, 2.05) is 0 Å². The van der Waals surface area contributed by atoms with Gasteiger partial charge in [0.15, 0.2) is 0 Å². The molecule has 0 aliphatic rings. The molecule has 0 radical (unpaired) electrons. The van der Waals surface area contributed by atoms with Crippen LogP contribution in [0.5, 0.6) is 0 Å². The van der Waals surface area contributed by atoms with Gasteiger partial charge in [0.05, 0.1) is 0 Å². The third-order valence-corrected chi connectivity index (χ3v) is 4.29. The molecule has 0 fully saturated rings. The largest absolute Gasteiger partial charge is 0.265 e. The summed E-state index contributed by atoms with van der Waals surface area (Å²) in [6.45, 7) is 0. The van der Waals surface area contributed by atoms with Gasteiger partial charge in [0.2, 0.25) is 14.2 Å². The van der Waals surface area contributed by atoms with Crippen LogP contribution >= 0.6 is 11.3 Å². The highest BCUT2D eigenvalue weighted by Gasteiger charge is 2.14. The van der Waals surface area contributed by atoms with E-state index >= 15 is 0 Å². The average molecular weight is 241 g/mol. The van der Waals surface area contributed by atoms with Crippen molar-refractivity contribution in [3.8, 4) is 10.6 Å². The van der Waals surface area contributed by atoms with Gasteiger partial charge in [-0.2, -0.15) is 0 Å². The highest BCUT2D eigenvalue weighted by Crippen LogP contribution is 2.24. The van der Waals surface area contributed by atoms with E-state index in [4.69, 9.17) is 0 Å². The molecule has 0 aliphatic carbocycles. The summed E-state index contributed by atoms with van der Waals surface area (Å²) in [7, 11) is -3.26. The van der Waals surface area contributed by atoms with Crippen molar-refractivity contribution in [2.75, 3.05) is 6.26 Å². The molecule has 2 aromatic rings. The Morgan fingerprint density at radius 1 is 1.20 bits per heavy atom. The van der Waals surface area contributed by atoms with Crippen molar-refractivity contribution in [1.82, 2.24) is 15.2 Å². The molecule has 78 valence electrons. The Kier molecular flexibility index (Phi) is 2.49. The van der Waals surface area contributed by atoms with Crippen LogP contribution in [0.4, 0.5) is 0 Å². The number of aromatic nitrogens is 3. The Hall–Kier alpha value is -1.34. The second-order valence-corrected chi connectivity index (χ2v) is 6.05. The number of sulfone groups is 1. The summed E-state index contributed by atoms with van der Waals surface area (Å²) in [5, 5.41) is 8.02. The van der Waals surface area contributed by atoms with Crippen LogP contribution < -0.4 is 0 Å². The van der Waals surface area contributed by atoms with Gasteiger partial charge in [0, 0.05) is 24.2 Å².